The first kappa shape index (κ1) is 89.1. The monoisotopic (exact) mass is 1420 g/mol. The summed E-state index contributed by atoms with van der Waals surface area (Å²) < 4.78 is 64.7. The highest BCUT2D eigenvalue weighted by Gasteiger charge is 2.58. The standard InChI is InChI=1S/C73H129O24P/c1-4-7-10-13-16-19-22-25-28-31-34-37-40-43-46-49-59(77)92-54(51-89-57(75)47-44-41-38-35-32-29-26-23-20-17-14-11-8-5-2)52-91-98(87,88)97-71-69(95-72-67(85)62(80)60(78)55(50-74)93-72)65(83)64(82)66(84)70(71)96-73-68(86)63(81)61(79)56(94-73)53-90-58(76)48-45-42-39-36-33-30-27-24-21-18-15-12-9-6-3/h29-30,32-33,40,43,46,49,54-56,60-74,78-86H,4-28,31,34-39,41-42,44-45,47-48,50-53H2,1-3H3,(H,87,88)/b32-29-,33-30-,43-40+,49-46+. The minimum Gasteiger partial charge on any atom is -0.463 e. The second-order valence-corrected chi connectivity index (χ2v) is 28.1. The summed E-state index contributed by atoms with van der Waals surface area (Å²) >= 11 is 0. The van der Waals surface area contributed by atoms with Gasteiger partial charge in [0, 0.05) is 18.9 Å². The maximum atomic E-state index is 14.3. The van der Waals surface area contributed by atoms with Gasteiger partial charge in [0.05, 0.1) is 13.2 Å². The molecule has 3 aliphatic rings. The van der Waals surface area contributed by atoms with Crippen molar-refractivity contribution in [3.05, 3.63) is 48.6 Å². The van der Waals surface area contributed by atoms with Crippen LogP contribution in [-0.2, 0) is 61.2 Å². The summed E-state index contributed by atoms with van der Waals surface area (Å²) in [6.07, 6.45) is 18.3. The van der Waals surface area contributed by atoms with Crippen LogP contribution >= 0.6 is 7.82 Å². The number of unbranched alkanes of at least 4 members (excludes halogenated alkanes) is 31. The van der Waals surface area contributed by atoms with Crippen LogP contribution < -0.4 is 0 Å². The molecule has 3 fully saturated rings. The quantitative estimate of drug-likeness (QED) is 0.00513. The van der Waals surface area contributed by atoms with E-state index >= 15 is 0 Å². The molecule has 18 atom stereocenters. The van der Waals surface area contributed by atoms with Gasteiger partial charge in [0.25, 0.3) is 0 Å². The Labute approximate surface area is 584 Å². The number of allylic oxidation sites excluding steroid dienone is 7. The van der Waals surface area contributed by atoms with Gasteiger partial charge >= 0.3 is 25.7 Å². The molecule has 0 aromatic carbocycles. The number of aliphatic hydroxyl groups excluding tert-OH is 10. The average Bonchev–Trinajstić information content (AvgIpc) is 0.763. The van der Waals surface area contributed by atoms with Gasteiger partial charge in [-0.2, -0.15) is 0 Å². The van der Waals surface area contributed by atoms with Gasteiger partial charge in [-0.25, -0.2) is 9.36 Å². The first-order chi connectivity index (χ1) is 47.3. The number of carbonyl (C=O) groups excluding carboxylic acids is 3. The number of aliphatic hydroxyl groups is 10. The summed E-state index contributed by atoms with van der Waals surface area (Å²) in [5.74, 6) is -2.29. The summed E-state index contributed by atoms with van der Waals surface area (Å²) in [7, 11) is -5.73. The predicted molar refractivity (Wildman–Crippen MR) is 370 cm³/mol. The van der Waals surface area contributed by atoms with E-state index in [1.54, 1.807) is 6.08 Å². The molecule has 1 aliphatic carbocycles. The number of esters is 3. The Hall–Kier alpha value is -3.08. The Bertz CT molecular complexity index is 2220. The number of ether oxygens (including phenoxy) is 7. The summed E-state index contributed by atoms with van der Waals surface area (Å²) in [5.41, 5.74) is 0. The maximum Gasteiger partial charge on any atom is 0.472 e. The Morgan fingerprint density at radius 2 is 0.786 bits per heavy atom. The van der Waals surface area contributed by atoms with E-state index in [0.29, 0.717) is 12.8 Å². The smallest absolute Gasteiger partial charge is 0.463 e. The van der Waals surface area contributed by atoms with Gasteiger partial charge < -0.3 is 89.1 Å². The van der Waals surface area contributed by atoms with E-state index in [-0.39, 0.29) is 12.8 Å². The van der Waals surface area contributed by atoms with Crippen molar-refractivity contribution in [1.82, 2.24) is 0 Å². The predicted octanol–water partition coefficient (Wildman–Crippen LogP) is 10.1. The van der Waals surface area contributed by atoms with Crippen LogP contribution in [0.3, 0.4) is 0 Å². The summed E-state index contributed by atoms with van der Waals surface area (Å²) in [4.78, 5) is 50.8. The second-order valence-electron chi connectivity index (χ2n) is 26.7. The van der Waals surface area contributed by atoms with Gasteiger partial charge in [-0.1, -0.05) is 217 Å². The molecule has 0 amide bonds. The third-order valence-corrected chi connectivity index (χ3v) is 19.1. The first-order valence-corrected chi connectivity index (χ1v) is 39.0. The van der Waals surface area contributed by atoms with E-state index in [2.05, 4.69) is 45.1 Å². The van der Waals surface area contributed by atoms with E-state index in [4.69, 9.17) is 42.2 Å². The van der Waals surface area contributed by atoms with E-state index in [1.807, 2.05) is 6.08 Å². The number of hydrogen-bond donors (Lipinski definition) is 11. The van der Waals surface area contributed by atoms with E-state index in [1.165, 1.54) is 134 Å². The van der Waals surface area contributed by atoms with Crippen LogP contribution in [0.15, 0.2) is 48.6 Å². The lowest BCUT2D eigenvalue weighted by Crippen LogP contribution is -2.69. The van der Waals surface area contributed by atoms with Crippen molar-refractivity contribution >= 4 is 25.7 Å². The zero-order chi connectivity index (χ0) is 71.8. The van der Waals surface area contributed by atoms with Crippen LogP contribution in [0.4, 0.5) is 0 Å². The number of rotatable bonds is 57. The molecule has 2 heterocycles. The van der Waals surface area contributed by atoms with Crippen LogP contribution in [0.5, 0.6) is 0 Å². The summed E-state index contributed by atoms with van der Waals surface area (Å²) in [6.45, 7) is 3.29. The fourth-order valence-electron chi connectivity index (χ4n) is 12.0. The largest absolute Gasteiger partial charge is 0.472 e. The van der Waals surface area contributed by atoms with Crippen molar-refractivity contribution in [2.45, 2.75) is 369 Å². The lowest BCUT2D eigenvalue weighted by molar-refractivity contribution is -0.360. The minimum absolute atomic E-state index is 0.00269. The normalized spacial score (nSPS) is 27.9. The minimum atomic E-state index is -5.73. The Balaban J connectivity index is 1.77. The van der Waals surface area contributed by atoms with Gasteiger partial charge in [0.1, 0.15) is 98.7 Å². The van der Waals surface area contributed by atoms with Crippen LogP contribution in [0, 0.1) is 0 Å². The van der Waals surface area contributed by atoms with Gasteiger partial charge in [-0.05, 0) is 77.0 Å². The molecule has 2 aliphatic heterocycles. The fraction of sp³-hybridized carbons (Fsp3) is 0.849. The van der Waals surface area contributed by atoms with Crippen molar-refractivity contribution in [3.8, 4) is 0 Å². The molecular weight excluding hydrogens is 1290 g/mol. The Kier molecular flexibility index (Phi) is 49.6. The molecule has 0 bridgehead atoms. The molecule has 0 aromatic rings. The highest BCUT2D eigenvalue weighted by Crippen LogP contribution is 2.49. The van der Waals surface area contributed by atoms with E-state index < -0.39 is 156 Å². The van der Waals surface area contributed by atoms with E-state index in [9.17, 15) is 74.9 Å². The molecule has 0 aromatic heterocycles. The van der Waals surface area contributed by atoms with Crippen molar-refractivity contribution in [2.24, 2.45) is 0 Å². The van der Waals surface area contributed by atoms with Gasteiger partial charge in [0.15, 0.2) is 18.7 Å². The zero-order valence-electron chi connectivity index (χ0n) is 59.3. The van der Waals surface area contributed by atoms with Gasteiger partial charge in [-0.15, -0.1) is 0 Å². The molecule has 25 heteroatoms. The number of hydrogen-bond acceptors (Lipinski definition) is 23. The second kappa shape index (κ2) is 54.6. The summed E-state index contributed by atoms with van der Waals surface area (Å²) in [5, 5.41) is 110. The Morgan fingerprint density at radius 1 is 0.418 bits per heavy atom. The first-order valence-electron chi connectivity index (χ1n) is 37.5. The van der Waals surface area contributed by atoms with E-state index in [0.717, 1.165) is 96.0 Å². The molecule has 0 spiro atoms. The SMILES string of the molecule is CCCCCCCCC/C=C\CCCCCC(=O)OCC(COP(=O)(O)OC1C(OC2OC(CO)C(O)C(O)C2O)C(O)C(O)C(O)C1OC1OC(COC(=O)CCCCC/C=C\CCCCCCCCC)C(O)C(O)C1O)OC(=O)/C=C/C=C/CCCCCCCCCCCCC. The van der Waals surface area contributed by atoms with Gasteiger partial charge in [0.2, 0.25) is 0 Å². The number of carbonyl (C=O) groups is 3. The third-order valence-electron chi connectivity index (χ3n) is 18.2. The maximum absolute atomic E-state index is 14.3. The lowest BCUT2D eigenvalue weighted by atomic mass is 9.84. The molecule has 11 N–H and O–H groups in total. The average molecular weight is 1420 g/mol. The highest BCUT2D eigenvalue weighted by molar-refractivity contribution is 7.47. The molecule has 0 radical (unpaired) electrons. The molecule has 1 saturated carbocycles. The van der Waals surface area contributed by atoms with Gasteiger partial charge in [-0.3, -0.25) is 18.6 Å². The van der Waals surface area contributed by atoms with Crippen LogP contribution in [0.25, 0.3) is 0 Å². The van der Waals surface area contributed by atoms with Crippen LogP contribution in [0.2, 0.25) is 0 Å². The van der Waals surface area contributed by atoms with Crippen LogP contribution in [-0.4, -0.2) is 204 Å². The zero-order valence-corrected chi connectivity index (χ0v) is 60.2. The van der Waals surface area contributed by atoms with Crippen LogP contribution in [0.1, 0.15) is 265 Å². The number of phosphoric acid groups is 1. The molecule has 24 nitrogen and oxygen atoms in total. The molecule has 3 rings (SSSR count). The van der Waals surface area contributed by atoms with Crippen molar-refractivity contribution in [1.29, 1.82) is 0 Å². The van der Waals surface area contributed by atoms with Crippen molar-refractivity contribution < 1.29 is 117 Å². The summed E-state index contributed by atoms with van der Waals surface area (Å²) in [6, 6.07) is 0. The third kappa shape index (κ3) is 37.4. The molecule has 18 unspecified atom stereocenters. The fourth-order valence-corrected chi connectivity index (χ4v) is 13.0. The van der Waals surface area contributed by atoms with Crippen molar-refractivity contribution in [2.75, 3.05) is 26.4 Å². The molecule has 2 saturated heterocycles. The number of phosphoric ester groups is 1. The van der Waals surface area contributed by atoms with Crippen molar-refractivity contribution in [3.63, 3.8) is 0 Å². The lowest BCUT2D eigenvalue weighted by Gasteiger charge is -2.49. The highest BCUT2D eigenvalue weighted by atomic mass is 31.2. The molecule has 98 heavy (non-hydrogen) atoms. The Morgan fingerprint density at radius 3 is 1.21 bits per heavy atom. The topological polar surface area (TPSA) is 374 Å². The molecular formula is C73H129O24P. The molecule has 570 valence electrons.